The highest BCUT2D eigenvalue weighted by Gasteiger charge is 2.20. The van der Waals surface area contributed by atoms with Crippen LogP contribution in [-0.4, -0.2) is 76.9 Å². The van der Waals surface area contributed by atoms with Gasteiger partial charge in [-0.2, -0.15) is 0 Å². The molecule has 0 radical (unpaired) electrons. The van der Waals surface area contributed by atoms with Gasteiger partial charge in [-0.15, -0.1) is 0 Å². The maximum Gasteiger partial charge on any atom is 0.193 e. The Hall–Kier alpha value is -2.93. The van der Waals surface area contributed by atoms with E-state index in [9.17, 15) is 0 Å². The van der Waals surface area contributed by atoms with Crippen molar-refractivity contribution in [3.05, 3.63) is 53.6 Å². The number of para-hydroxylation sites is 1. The van der Waals surface area contributed by atoms with E-state index >= 15 is 0 Å². The molecule has 168 valence electrons. The quantitative estimate of drug-likeness (QED) is 0.517. The van der Waals surface area contributed by atoms with Gasteiger partial charge in [0, 0.05) is 51.9 Å². The molecule has 1 fully saturated rings. The molecule has 0 saturated carbocycles. The van der Waals surface area contributed by atoms with Crippen LogP contribution in [0, 0.1) is 0 Å². The smallest absolute Gasteiger partial charge is 0.193 e. The van der Waals surface area contributed by atoms with Crippen LogP contribution in [0.3, 0.4) is 0 Å². The van der Waals surface area contributed by atoms with Crippen molar-refractivity contribution in [3.63, 3.8) is 0 Å². The number of piperazine rings is 1. The molecule has 0 aromatic heterocycles. The summed E-state index contributed by atoms with van der Waals surface area (Å²) in [6.45, 7) is 5.45. The molecular formula is C24H34N4O3. The first kappa shape index (κ1) is 22.7. The summed E-state index contributed by atoms with van der Waals surface area (Å²) >= 11 is 0. The summed E-state index contributed by atoms with van der Waals surface area (Å²) in [5, 5.41) is 3.50. The summed E-state index contributed by atoms with van der Waals surface area (Å²) in [5.74, 6) is 3.64. The molecule has 1 aliphatic rings. The van der Waals surface area contributed by atoms with Gasteiger partial charge in [-0.1, -0.05) is 18.2 Å². The summed E-state index contributed by atoms with van der Waals surface area (Å²) in [4.78, 5) is 9.25. The fourth-order valence-corrected chi connectivity index (χ4v) is 3.91. The molecule has 31 heavy (non-hydrogen) atoms. The molecule has 0 aliphatic carbocycles. The van der Waals surface area contributed by atoms with Crippen LogP contribution in [-0.2, 0) is 13.0 Å². The van der Waals surface area contributed by atoms with Gasteiger partial charge in [0.05, 0.1) is 21.3 Å². The molecule has 7 heteroatoms. The molecule has 0 spiro atoms. The van der Waals surface area contributed by atoms with Gasteiger partial charge in [-0.05, 0) is 36.2 Å². The van der Waals surface area contributed by atoms with Crippen LogP contribution in [0.5, 0.6) is 17.2 Å². The summed E-state index contributed by atoms with van der Waals surface area (Å²) in [6, 6.07) is 14.1. The zero-order valence-corrected chi connectivity index (χ0v) is 19.1. The maximum atomic E-state index is 5.53. The average molecular weight is 427 g/mol. The standard InChI is InChI=1S/C24H34N4O3/c1-25-24(26-12-11-19-7-5-6-8-22(19)30-3)28-15-13-27(14-16-28)18-20-17-21(29-2)9-10-23(20)31-4/h5-10,17H,11-16,18H2,1-4H3,(H,25,26). The molecule has 2 aromatic carbocycles. The van der Waals surface area contributed by atoms with Crippen molar-refractivity contribution >= 4 is 5.96 Å². The molecule has 0 unspecified atom stereocenters. The van der Waals surface area contributed by atoms with Gasteiger partial charge in [0.25, 0.3) is 0 Å². The largest absolute Gasteiger partial charge is 0.497 e. The van der Waals surface area contributed by atoms with Crippen molar-refractivity contribution in [3.8, 4) is 17.2 Å². The normalized spacial score (nSPS) is 15.0. The zero-order chi connectivity index (χ0) is 22.1. The van der Waals surface area contributed by atoms with Gasteiger partial charge < -0.3 is 24.4 Å². The number of rotatable bonds is 8. The van der Waals surface area contributed by atoms with E-state index in [2.05, 4.69) is 32.2 Å². The minimum absolute atomic E-state index is 0.814. The van der Waals surface area contributed by atoms with Gasteiger partial charge in [0.1, 0.15) is 17.2 Å². The Kier molecular flexibility index (Phi) is 8.41. The second kappa shape index (κ2) is 11.5. The number of methoxy groups -OCH3 is 3. The van der Waals surface area contributed by atoms with Crippen molar-refractivity contribution in [2.45, 2.75) is 13.0 Å². The molecule has 1 aliphatic heterocycles. The lowest BCUT2D eigenvalue weighted by Crippen LogP contribution is -2.52. The topological polar surface area (TPSA) is 58.6 Å². The third-order valence-electron chi connectivity index (χ3n) is 5.64. The van der Waals surface area contributed by atoms with Crippen molar-refractivity contribution in [1.82, 2.24) is 15.1 Å². The third-order valence-corrected chi connectivity index (χ3v) is 5.64. The first-order valence-corrected chi connectivity index (χ1v) is 10.7. The molecule has 2 aromatic rings. The third kappa shape index (κ3) is 6.04. The van der Waals surface area contributed by atoms with E-state index in [1.54, 1.807) is 21.3 Å². The van der Waals surface area contributed by atoms with E-state index in [4.69, 9.17) is 14.2 Å². The number of guanidine groups is 1. The lowest BCUT2D eigenvalue weighted by molar-refractivity contribution is 0.171. The monoisotopic (exact) mass is 426 g/mol. The molecule has 1 N–H and O–H groups in total. The predicted octanol–water partition coefficient (Wildman–Crippen LogP) is 2.65. The van der Waals surface area contributed by atoms with Crippen LogP contribution < -0.4 is 19.5 Å². The molecule has 0 amide bonds. The highest BCUT2D eigenvalue weighted by Crippen LogP contribution is 2.25. The van der Waals surface area contributed by atoms with Crippen LogP contribution in [0.15, 0.2) is 47.5 Å². The van der Waals surface area contributed by atoms with E-state index in [0.29, 0.717) is 0 Å². The lowest BCUT2D eigenvalue weighted by atomic mass is 10.1. The Bertz CT molecular complexity index is 864. The number of ether oxygens (including phenoxy) is 3. The Morgan fingerprint density at radius 1 is 0.903 bits per heavy atom. The Morgan fingerprint density at radius 3 is 2.29 bits per heavy atom. The Balaban J connectivity index is 1.50. The number of hydrogen-bond donors (Lipinski definition) is 1. The molecule has 0 atom stereocenters. The van der Waals surface area contributed by atoms with Crippen molar-refractivity contribution in [1.29, 1.82) is 0 Å². The van der Waals surface area contributed by atoms with Gasteiger partial charge in [-0.25, -0.2) is 0 Å². The number of nitrogens with zero attached hydrogens (tertiary/aromatic N) is 3. The van der Waals surface area contributed by atoms with Crippen LogP contribution in [0.25, 0.3) is 0 Å². The zero-order valence-electron chi connectivity index (χ0n) is 19.1. The van der Waals surface area contributed by atoms with Crippen LogP contribution in [0.4, 0.5) is 0 Å². The number of aliphatic imine (C=N–C) groups is 1. The van der Waals surface area contributed by atoms with Crippen LogP contribution in [0.1, 0.15) is 11.1 Å². The second-order valence-electron chi connectivity index (χ2n) is 7.48. The predicted molar refractivity (Wildman–Crippen MR) is 124 cm³/mol. The Morgan fingerprint density at radius 2 is 1.61 bits per heavy atom. The highest BCUT2D eigenvalue weighted by molar-refractivity contribution is 5.80. The van der Waals surface area contributed by atoms with Crippen molar-refractivity contribution in [2.75, 3.05) is 61.1 Å². The van der Waals surface area contributed by atoms with Crippen LogP contribution in [0.2, 0.25) is 0 Å². The number of nitrogens with one attached hydrogen (secondary N) is 1. The molecule has 3 rings (SSSR count). The lowest BCUT2D eigenvalue weighted by Gasteiger charge is -2.36. The van der Waals surface area contributed by atoms with Gasteiger partial charge in [-0.3, -0.25) is 9.89 Å². The summed E-state index contributed by atoms with van der Waals surface area (Å²) in [6.07, 6.45) is 0.888. The molecular weight excluding hydrogens is 392 g/mol. The van der Waals surface area contributed by atoms with Crippen molar-refractivity contribution < 1.29 is 14.2 Å². The van der Waals surface area contributed by atoms with E-state index in [1.165, 1.54) is 5.56 Å². The van der Waals surface area contributed by atoms with Crippen LogP contribution >= 0.6 is 0 Å². The number of benzene rings is 2. The maximum absolute atomic E-state index is 5.53. The second-order valence-corrected chi connectivity index (χ2v) is 7.48. The van der Waals surface area contributed by atoms with E-state index < -0.39 is 0 Å². The molecule has 1 heterocycles. The van der Waals surface area contributed by atoms with Gasteiger partial charge in [0.2, 0.25) is 0 Å². The number of hydrogen-bond acceptors (Lipinski definition) is 5. The summed E-state index contributed by atoms with van der Waals surface area (Å²) in [7, 11) is 6.96. The minimum atomic E-state index is 0.814. The van der Waals surface area contributed by atoms with Gasteiger partial charge >= 0.3 is 0 Å². The van der Waals surface area contributed by atoms with E-state index in [0.717, 1.165) is 74.5 Å². The SMILES string of the molecule is CN=C(NCCc1ccccc1OC)N1CCN(Cc2cc(OC)ccc2OC)CC1. The first-order chi connectivity index (χ1) is 15.2. The van der Waals surface area contributed by atoms with E-state index in [1.807, 2.05) is 37.4 Å². The molecule has 7 nitrogen and oxygen atoms in total. The summed E-state index contributed by atoms with van der Waals surface area (Å²) in [5.41, 5.74) is 2.35. The highest BCUT2D eigenvalue weighted by atomic mass is 16.5. The van der Waals surface area contributed by atoms with E-state index in [-0.39, 0.29) is 0 Å². The fourth-order valence-electron chi connectivity index (χ4n) is 3.91. The van der Waals surface area contributed by atoms with Gasteiger partial charge in [0.15, 0.2) is 5.96 Å². The minimum Gasteiger partial charge on any atom is -0.497 e. The molecule has 1 saturated heterocycles. The Labute approximate surface area is 185 Å². The first-order valence-electron chi connectivity index (χ1n) is 10.7. The average Bonchev–Trinajstić information content (AvgIpc) is 2.82. The molecule has 0 bridgehead atoms. The van der Waals surface area contributed by atoms with Crippen molar-refractivity contribution in [2.24, 2.45) is 4.99 Å². The fraction of sp³-hybridized carbons (Fsp3) is 0.458. The summed E-state index contributed by atoms with van der Waals surface area (Å²) < 4.78 is 16.4.